The lowest BCUT2D eigenvalue weighted by molar-refractivity contribution is 0.102. The molecule has 146 valence electrons. The van der Waals surface area contributed by atoms with Crippen molar-refractivity contribution in [3.05, 3.63) is 83.9 Å². The highest BCUT2D eigenvalue weighted by Gasteiger charge is 2.20. The van der Waals surface area contributed by atoms with Gasteiger partial charge >= 0.3 is 0 Å². The van der Waals surface area contributed by atoms with E-state index >= 15 is 0 Å². The Morgan fingerprint density at radius 1 is 0.964 bits per heavy atom. The third-order valence-electron chi connectivity index (χ3n) is 4.33. The molecule has 0 saturated carbocycles. The molecule has 1 heterocycles. The van der Waals surface area contributed by atoms with E-state index in [1.807, 2.05) is 0 Å². The van der Waals surface area contributed by atoms with Crippen LogP contribution < -0.4 is 5.32 Å². The maximum Gasteiger partial charge on any atom is 0.267 e. The van der Waals surface area contributed by atoms with Gasteiger partial charge in [-0.2, -0.15) is 0 Å². The van der Waals surface area contributed by atoms with E-state index < -0.39 is 21.7 Å². The van der Waals surface area contributed by atoms with Crippen molar-refractivity contribution in [1.29, 1.82) is 0 Å². The number of anilines is 1. The first kappa shape index (κ1) is 19.8. The third-order valence-corrected chi connectivity index (χ3v) is 5.98. The molecule has 0 aliphatic carbocycles. The summed E-state index contributed by atoms with van der Waals surface area (Å²) in [6.07, 6.45) is 2.58. The summed E-state index contributed by atoms with van der Waals surface area (Å²) in [5.41, 5.74) is 1.54. The fourth-order valence-electron chi connectivity index (χ4n) is 2.65. The monoisotopic (exact) mass is 400 g/mol. The van der Waals surface area contributed by atoms with Crippen LogP contribution in [0.15, 0.2) is 71.9 Å². The van der Waals surface area contributed by atoms with E-state index in [0.29, 0.717) is 5.69 Å². The number of rotatable bonds is 4. The van der Waals surface area contributed by atoms with Crippen LogP contribution in [0.5, 0.6) is 0 Å². The molecule has 0 aliphatic rings. The topological polar surface area (TPSA) is 68.2 Å². The Morgan fingerprint density at radius 2 is 1.57 bits per heavy atom. The minimum Gasteiger partial charge on any atom is -0.322 e. The van der Waals surface area contributed by atoms with Crippen LogP contribution >= 0.6 is 0 Å². The molecule has 2 aromatic carbocycles. The van der Waals surface area contributed by atoms with Gasteiger partial charge in [0.2, 0.25) is 0 Å². The maximum absolute atomic E-state index is 13.0. The van der Waals surface area contributed by atoms with Crippen LogP contribution in [0.4, 0.5) is 10.1 Å². The number of hydrogen-bond donors (Lipinski definition) is 1. The Bertz CT molecular complexity index is 1090. The number of halogens is 1. The number of carbonyl (C=O) groups is 1. The number of nitrogens with zero attached hydrogens (tertiary/aromatic N) is 1. The zero-order valence-corrected chi connectivity index (χ0v) is 16.6. The lowest BCUT2D eigenvalue weighted by atomic mass is 9.87. The minimum absolute atomic E-state index is 0.0820. The highest BCUT2D eigenvalue weighted by molar-refractivity contribution is 7.90. The van der Waals surface area contributed by atoms with E-state index in [1.54, 1.807) is 24.3 Å². The standard InChI is InChI=1S/C21H21FN2O3S/c1-21(2,3)16-4-10-19(11-5-16)28(26,27)24-13-12-15(14-24)20(25)23-18-8-6-17(22)7-9-18/h4-14H,1-3H3,(H,23,25). The summed E-state index contributed by atoms with van der Waals surface area (Å²) in [6, 6.07) is 13.4. The molecule has 28 heavy (non-hydrogen) atoms. The van der Waals surface area contributed by atoms with E-state index in [2.05, 4.69) is 26.1 Å². The Kier molecular flexibility index (Phi) is 5.12. The molecule has 0 fully saturated rings. The van der Waals surface area contributed by atoms with Gasteiger partial charge in [0, 0.05) is 18.1 Å². The van der Waals surface area contributed by atoms with Crippen molar-refractivity contribution < 1.29 is 17.6 Å². The second-order valence-corrected chi connectivity index (χ2v) is 9.31. The van der Waals surface area contributed by atoms with Gasteiger partial charge in [0.05, 0.1) is 10.5 Å². The average molecular weight is 400 g/mol. The van der Waals surface area contributed by atoms with Crippen LogP contribution in [-0.2, 0) is 15.4 Å². The lowest BCUT2D eigenvalue weighted by Gasteiger charge is -2.19. The Morgan fingerprint density at radius 3 is 2.14 bits per heavy atom. The van der Waals surface area contributed by atoms with Gasteiger partial charge in [0.15, 0.2) is 0 Å². The predicted molar refractivity (Wildman–Crippen MR) is 107 cm³/mol. The number of aromatic nitrogens is 1. The molecule has 5 nitrogen and oxygen atoms in total. The Labute approximate surface area is 163 Å². The molecule has 0 atom stereocenters. The molecular weight excluding hydrogens is 379 g/mol. The first-order valence-electron chi connectivity index (χ1n) is 8.68. The first-order chi connectivity index (χ1) is 13.1. The van der Waals surface area contributed by atoms with Crippen molar-refractivity contribution in [2.75, 3.05) is 5.32 Å². The number of amides is 1. The lowest BCUT2D eigenvalue weighted by Crippen LogP contribution is -2.14. The average Bonchev–Trinajstić information content (AvgIpc) is 3.14. The smallest absolute Gasteiger partial charge is 0.267 e. The van der Waals surface area contributed by atoms with Crippen molar-refractivity contribution in [1.82, 2.24) is 3.97 Å². The molecule has 0 aliphatic heterocycles. The van der Waals surface area contributed by atoms with Gasteiger partial charge in [-0.1, -0.05) is 32.9 Å². The normalized spacial score (nSPS) is 12.0. The van der Waals surface area contributed by atoms with Crippen LogP contribution in [0.3, 0.4) is 0 Å². The number of hydrogen-bond acceptors (Lipinski definition) is 3. The van der Waals surface area contributed by atoms with Gasteiger partial charge in [-0.05, 0) is 53.4 Å². The number of carbonyl (C=O) groups excluding carboxylic acids is 1. The summed E-state index contributed by atoms with van der Waals surface area (Å²) >= 11 is 0. The summed E-state index contributed by atoms with van der Waals surface area (Å²) in [7, 11) is -3.81. The number of benzene rings is 2. The predicted octanol–water partition coefficient (Wildman–Crippen LogP) is 4.41. The van der Waals surface area contributed by atoms with E-state index in [9.17, 15) is 17.6 Å². The minimum atomic E-state index is -3.81. The Hall–Kier alpha value is -2.93. The van der Waals surface area contributed by atoms with Gasteiger partial charge < -0.3 is 5.32 Å². The van der Waals surface area contributed by atoms with Crippen molar-refractivity contribution in [3.63, 3.8) is 0 Å². The van der Waals surface area contributed by atoms with E-state index in [-0.39, 0.29) is 15.9 Å². The van der Waals surface area contributed by atoms with E-state index in [4.69, 9.17) is 0 Å². The zero-order valence-electron chi connectivity index (χ0n) is 15.8. The van der Waals surface area contributed by atoms with E-state index in [0.717, 1.165) is 9.54 Å². The highest BCUT2D eigenvalue weighted by atomic mass is 32.2. The summed E-state index contributed by atoms with van der Waals surface area (Å²) in [6.45, 7) is 6.15. The van der Waals surface area contributed by atoms with Gasteiger partial charge in [-0.3, -0.25) is 4.79 Å². The fraction of sp³-hybridized carbons (Fsp3) is 0.190. The summed E-state index contributed by atoms with van der Waals surface area (Å²) < 4.78 is 39.6. The summed E-state index contributed by atoms with van der Waals surface area (Å²) in [4.78, 5) is 12.5. The van der Waals surface area contributed by atoms with Gasteiger partial charge in [-0.15, -0.1) is 0 Å². The summed E-state index contributed by atoms with van der Waals surface area (Å²) in [5, 5.41) is 2.60. The van der Waals surface area contributed by atoms with Crippen molar-refractivity contribution in [2.45, 2.75) is 31.1 Å². The quantitative estimate of drug-likeness (QED) is 0.705. The van der Waals surface area contributed by atoms with Crippen LogP contribution in [0.25, 0.3) is 0 Å². The highest BCUT2D eigenvalue weighted by Crippen LogP contribution is 2.24. The third kappa shape index (κ3) is 4.14. The summed E-state index contributed by atoms with van der Waals surface area (Å²) in [5.74, 6) is -0.892. The molecule has 0 bridgehead atoms. The van der Waals surface area contributed by atoms with E-state index in [1.165, 1.54) is 42.7 Å². The van der Waals surface area contributed by atoms with Gasteiger partial charge in [0.1, 0.15) is 5.82 Å². The van der Waals surface area contributed by atoms with Gasteiger partial charge in [0.25, 0.3) is 15.9 Å². The number of nitrogens with one attached hydrogen (secondary N) is 1. The van der Waals surface area contributed by atoms with Crippen molar-refractivity contribution in [2.24, 2.45) is 0 Å². The van der Waals surface area contributed by atoms with Crippen LogP contribution in [0, 0.1) is 5.82 Å². The zero-order chi connectivity index (χ0) is 20.5. The molecule has 7 heteroatoms. The molecule has 1 amide bonds. The first-order valence-corrected chi connectivity index (χ1v) is 10.1. The molecule has 0 spiro atoms. The second kappa shape index (κ2) is 7.24. The molecule has 0 unspecified atom stereocenters. The van der Waals surface area contributed by atoms with Crippen LogP contribution in [-0.4, -0.2) is 18.3 Å². The second-order valence-electron chi connectivity index (χ2n) is 7.47. The van der Waals surface area contributed by atoms with Crippen molar-refractivity contribution >= 4 is 21.6 Å². The largest absolute Gasteiger partial charge is 0.322 e. The van der Waals surface area contributed by atoms with Crippen LogP contribution in [0.1, 0.15) is 36.7 Å². The molecular formula is C21H21FN2O3S. The Balaban J connectivity index is 1.81. The molecule has 3 rings (SSSR count). The van der Waals surface area contributed by atoms with Gasteiger partial charge in [-0.25, -0.2) is 16.8 Å². The molecule has 0 radical (unpaired) electrons. The fourth-order valence-corrected chi connectivity index (χ4v) is 3.84. The van der Waals surface area contributed by atoms with Crippen molar-refractivity contribution in [3.8, 4) is 0 Å². The molecule has 1 aromatic heterocycles. The molecule has 3 aromatic rings. The SMILES string of the molecule is CC(C)(C)c1ccc(S(=O)(=O)n2ccc(C(=O)Nc3ccc(F)cc3)c2)cc1. The maximum atomic E-state index is 13.0. The molecule has 0 saturated heterocycles. The molecule has 1 N–H and O–H groups in total. The van der Waals surface area contributed by atoms with Crippen LogP contribution in [0.2, 0.25) is 0 Å².